The molecule has 0 saturated heterocycles. The molecule has 35 heavy (non-hydrogen) atoms. The Kier molecular flexibility index (Phi) is 8.00. The molecule has 8 heteroatoms. The summed E-state index contributed by atoms with van der Waals surface area (Å²) in [5, 5.41) is 11.9. The van der Waals surface area contributed by atoms with Gasteiger partial charge in [0, 0.05) is 17.0 Å². The van der Waals surface area contributed by atoms with Crippen molar-refractivity contribution in [2.45, 2.75) is 76.7 Å². The van der Waals surface area contributed by atoms with Gasteiger partial charge in [-0.1, -0.05) is 69.6 Å². The van der Waals surface area contributed by atoms with Gasteiger partial charge in [0.1, 0.15) is 16.3 Å². The molecule has 0 fully saturated rings. The Bertz CT molecular complexity index is 1160. The topological polar surface area (TPSA) is 98.6 Å². The molecule has 1 aliphatic heterocycles. The first-order chi connectivity index (χ1) is 16.1. The lowest BCUT2D eigenvalue weighted by molar-refractivity contribution is -0.164. The van der Waals surface area contributed by atoms with Crippen LogP contribution in [0, 0.1) is 12.8 Å². The molecule has 0 saturated carbocycles. The maximum Gasteiger partial charge on any atom is 0.349 e. The predicted molar refractivity (Wildman–Crippen MR) is 147 cm³/mol. The van der Waals surface area contributed by atoms with Gasteiger partial charge < -0.3 is 21.3 Å². The Morgan fingerprint density at radius 2 is 1.74 bits per heavy atom. The number of carbonyl (C=O) groups is 1. The average molecular weight is 538 g/mol. The first-order valence-electron chi connectivity index (χ1n) is 11.6. The van der Waals surface area contributed by atoms with Crippen LogP contribution < -0.4 is 11.5 Å². The van der Waals surface area contributed by atoms with E-state index in [-0.39, 0.29) is 28.4 Å². The lowest BCUT2D eigenvalue weighted by atomic mass is 9.80. The molecule has 5 nitrogen and oxygen atoms in total. The zero-order valence-corrected chi connectivity index (χ0v) is 23.4. The first kappa shape index (κ1) is 27.6. The average Bonchev–Trinajstić information content (AvgIpc) is 2.74. The van der Waals surface area contributed by atoms with Crippen molar-refractivity contribution in [3.05, 3.63) is 61.7 Å². The number of nitrogen functional groups attached to an aromatic ring is 2. The van der Waals surface area contributed by atoms with Gasteiger partial charge in [0.15, 0.2) is 0 Å². The van der Waals surface area contributed by atoms with E-state index in [0.717, 1.165) is 21.6 Å². The second-order valence-electron chi connectivity index (χ2n) is 10.6. The van der Waals surface area contributed by atoms with E-state index < -0.39 is 11.6 Å². The number of anilines is 2. The van der Waals surface area contributed by atoms with Crippen molar-refractivity contribution >= 4 is 52.3 Å². The SMILES string of the molecule is Cc1cc(SC2=C(O)CC(CCc3cc(Cl)c(N)c(Cl)c3)(C(C)C)OC2=O)c(C(C)(C)C)cc1N. The minimum Gasteiger partial charge on any atom is -0.511 e. The van der Waals surface area contributed by atoms with Crippen LogP contribution in [-0.4, -0.2) is 16.7 Å². The molecule has 2 aromatic rings. The molecule has 0 spiro atoms. The van der Waals surface area contributed by atoms with Crippen molar-refractivity contribution < 1.29 is 14.6 Å². The van der Waals surface area contributed by atoms with E-state index in [2.05, 4.69) is 20.8 Å². The molecule has 0 aliphatic carbocycles. The standard InChI is InChI=1S/C27H34Cl2N2O3S/c1-14(2)27(8-7-16-10-18(28)23(31)19(29)11-16)13-21(32)24(25(33)34-27)35-22-9-15(3)20(30)12-17(22)26(4,5)6/h9-12,14,32H,7-8,13,30-31H2,1-6H3. The Morgan fingerprint density at radius 3 is 2.26 bits per heavy atom. The number of benzene rings is 2. The molecule has 1 unspecified atom stereocenters. The second kappa shape index (κ2) is 10.2. The van der Waals surface area contributed by atoms with E-state index in [0.29, 0.717) is 34.3 Å². The highest BCUT2D eigenvalue weighted by Gasteiger charge is 2.44. The highest BCUT2D eigenvalue weighted by molar-refractivity contribution is 8.04. The Morgan fingerprint density at radius 1 is 1.14 bits per heavy atom. The third-order valence-electron chi connectivity index (χ3n) is 6.63. The number of rotatable bonds is 6. The molecule has 2 aromatic carbocycles. The number of hydrogen-bond acceptors (Lipinski definition) is 6. The summed E-state index contributed by atoms with van der Waals surface area (Å²) in [5.74, 6) is -0.499. The van der Waals surface area contributed by atoms with Gasteiger partial charge in [-0.3, -0.25) is 0 Å². The maximum atomic E-state index is 13.3. The van der Waals surface area contributed by atoms with E-state index >= 15 is 0 Å². The fourth-order valence-corrected chi connectivity index (χ4v) is 5.99. The molecule has 0 radical (unpaired) electrons. The highest BCUT2D eigenvalue weighted by Crippen LogP contribution is 2.45. The van der Waals surface area contributed by atoms with Crippen LogP contribution in [0.5, 0.6) is 0 Å². The van der Waals surface area contributed by atoms with Gasteiger partial charge in [0.05, 0.1) is 15.7 Å². The van der Waals surface area contributed by atoms with Crippen LogP contribution in [-0.2, 0) is 21.4 Å². The van der Waals surface area contributed by atoms with Gasteiger partial charge in [0.2, 0.25) is 0 Å². The Labute approximate surface area is 222 Å². The van der Waals surface area contributed by atoms with Gasteiger partial charge >= 0.3 is 5.97 Å². The number of halogens is 2. The van der Waals surface area contributed by atoms with Crippen LogP contribution in [0.15, 0.2) is 39.8 Å². The van der Waals surface area contributed by atoms with Gasteiger partial charge in [-0.15, -0.1) is 0 Å². The van der Waals surface area contributed by atoms with E-state index in [4.69, 9.17) is 39.4 Å². The predicted octanol–water partition coefficient (Wildman–Crippen LogP) is 7.60. The van der Waals surface area contributed by atoms with E-state index in [1.807, 2.05) is 32.9 Å². The number of esters is 1. The third kappa shape index (κ3) is 5.87. The van der Waals surface area contributed by atoms with Crippen molar-refractivity contribution in [3.8, 4) is 0 Å². The van der Waals surface area contributed by atoms with Gasteiger partial charge in [-0.05, 0) is 72.1 Å². The molecule has 3 rings (SSSR count). The summed E-state index contributed by atoms with van der Waals surface area (Å²) in [6.45, 7) is 12.2. The van der Waals surface area contributed by atoms with Crippen molar-refractivity contribution in [2.75, 3.05) is 11.5 Å². The zero-order valence-electron chi connectivity index (χ0n) is 21.1. The molecule has 5 N–H and O–H groups in total. The van der Waals surface area contributed by atoms with Crippen molar-refractivity contribution in [2.24, 2.45) is 5.92 Å². The monoisotopic (exact) mass is 536 g/mol. The smallest absolute Gasteiger partial charge is 0.349 e. The van der Waals surface area contributed by atoms with E-state index in [9.17, 15) is 9.90 Å². The number of hydrogen-bond donors (Lipinski definition) is 3. The molecule has 0 amide bonds. The Hall–Kier alpha value is -2.02. The van der Waals surface area contributed by atoms with Crippen LogP contribution in [0.2, 0.25) is 10.0 Å². The normalized spacial score (nSPS) is 18.8. The van der Waals surface area contributed by atoms with Crippen LogP contribution in [0.1, 0.15) is 64.2 Å². The number of carbonyl (C=O) groups excluding carboxylic acids is 1. The molecule has 1 atom stereocenters. The van der Waals surface area contributed by atoms with Gasteiger partial charge in [-0.2, -0.15) is 0 Å². The quantitative estimate of drug-likeness (QED) is 0.259. The van der Waals surface area contributed by atoms with Crippen molar-refractivity contribution in [3.63, 3.8) is 0 Å². The number of aliphatic hydroxyl groups is 1. The number of nitrogens with two attached hydrogens (primary N) is 2. The summed E-state index contributed by atoms with van der Waals surface area (Å²) in [6, 6.07) is 7.46. The molecule has 1 heterocycles. The number of aryl methyl sites for hydroxylation is 2. The van der Waals surface area contributed by atoms with Crippen LogP contribution >= 0.6 is 35.0 Å². The van der Waals surface area contributed by atoms with Crippen LogP contribution in [0.3, 0.4) is 0 Å². The molecular weight excluding hydrogens is 503 g/mol. The second-order valence-corrected chi connectivity index (χ2v) is 12.5. The van der Waals surface area contributed by atoms with E-state index in [1.165, 1.54) is 11.8 Å². The number of aliphatic hydroxyl groups excluding tert-OH is 1. The minimum absolute atomic E-state index is 0.0243. The Balaban J connectivity index is 1.91. The lowest BCUT2D eigenvalue weighted by Gasteiger charge is -2.40. The fourth-order valence-electron chi connectivity index (χ4n) is 4.21. The molecular formula is C27H34Cl2N2O3S. The first-order valence-corrected chi connectivity index (χ1v) is 13.2. The van der Waals surface area contributed by atoms with Gasteiger partial charge in [-0.25, -0.2) is 4.79 Å². The molecule has 190 valence electrons. The summed E-state index contributed by atoms with van der Waals surface area (Å²) in [6.07, 6.45) is 1.30. The zero-order chi connectivity index (χ0) is 26.3. The number of cyclic esters (lactones) is 1. The number of thioether (sulfide) groups is 1. The number of ether oxygens (including phenoxy) is 1. The van der Waals surface area contributed by atoms with Gasteiger partial charge in [0.25, 0.3) is 0 Å². The fraction of sp³-hybridized carbons (Fsp3) is 0.444. The van der Waals surface area contributed by atoms with Crippen LogP contribution in [0.25, 0.3) is 0 Å². The summed E-state index contributed by atoms with van der Waals surface area (Å²) in [4.78, 5) is 14.4. The van der Waals surface area contributed by atoms with Crippen LogP contribution in [0.4, 0.5) is 11.4 Å². The molecule has 1 aliphatic rings. The summed E-state index contributed by atoms with van der Waals surface area (Å²) in [5.41, 5.74) is 14.8. The highest BCUT2D eigenvalue weighted by atomic mass is 35.5. The largest absolute Gasteiger partial charge is 0.511 e. The summed E-state index contributed by atoms with van der Waals surface area (Å²) < 4.78 is 6.08. The van der Waals surface area contributed by atoms with Crippen molar-refractivity contribution in [1.29, 1.82) is 0 Å². The lowest BCUT2D eigenvalue weighted by Crippen LogP contribution is -2.44. The van der Waals surface area contributed by atoms with Crippen molar-refractivity contribution in [1.82, 2.24) is 0 Å². The van der Waals surface area contributed by atoms with E-state index in [1.54, 1.807) is 12.1 Å². The minimum atomic E-state index is -0.852. The summed E-state index contributed by atoms with van der Waals surface area (Å²) >= 11 is 13.6. The maximum absolute atomic E-state index is 13.3. The summed E-state index contributed by atoms with van der Waals surface area (Å²) in [7, 11) is 0. The molecule has 0 bridgehead atoms. The molecule has 0 aromatic heterocycles. The third-order valence-corrected chi connectivity index (χ3v) is 8.42.